The van der Waals surface area contributed by atoms with Crippen LogP contribution in [0.5, 0.6) is 0 Å². The highest BCUT2D eigenvalue weighted by Crippen LogP contribution is 2.12. The average Bonchev–Trinajstić information content (AvgIpc) is 3.39. The van der Waals surface area contributed by atoms with Crippen LogP contribution in [0.4, 0.5) is 0 Å². The van der Waals surface area contributed by atoms with Gasteiger partial charge in [-0.15, -0.1) is 0 Å². The summed E-state index contributed by atoms with van der Waals surface area (Å²) in [5.41, 5.74) is 0. The van der Waals surface area contributed by atoms with E-state index in [0.29, 0.717) is 19.3 Å². The Bertz CT molecular complexity index is 1720. The number of hydrogen-bond donors (Lipinski definition) is 0. The number of allylic oxidation sites excluding steroid dienone is 28. The predicted molar refractivity (Wildman–Crippen MR) is 315 cm³/mol. The lowest BCUT2D eigenvalue weighted by Gasteiger charge is -2.18. The zero-order valence-corrected chi connectivity index (χ0v) is 46.3. The van der Waals surface area contributed by atoms with E-state index in [4.69, 9.17) is 14.2 Å². The molecule has 0 rings (SSSR count). The first kappa shape index (κ1) is 67.8. The third-order valence-electron chi connectivity index (χ3n) is 11.2. The molecule has 0 fully saturated rings. The van der Waals surface area contributed by atoms with Crippen molar-refractivity contribution in [2.45, 2.75) is 219 Å². The number of hydrogen-bond acceptors (Lipinski definition) is 6. The fourth-order valence-corrected chi connectivity index (χ4v) is 6.96. The summed E-state index contributed by atoms with van der Waals surface area (Å²) in [6.07, 6.45) is 87.9. The molecule has 0 heterocycles. The second kappa shape index (κ2) is 59.3. The monoisotopic (exact) mass is 1000 g/mol. The van der Waals surface area contributed by atoms with Crippen molar-refractivity contribution in [3.63, 3.8) is 0 Å². The summed E-state index contributed by atoms with van der Waals surface area (Å²) >= 11 is 0. The van der Waals surface area contributed by atoms with E-state index in [1.807, 2.05) is 0 Å². The van der Waals surface area contributed by atoms with Crippen molar-refractivity contribution >= 4 is 17.9 Å². The SMILES string of the molecule is CC/C=C\C/C=C\C/C=C\C/C=C\C/C=C\C/C=C\C/C=C\C/C=C\C/C=C\CCCC(=O)OCC(COC(=O)CCCCCCC/C=C\C/C=C\CCC)OC(=O)CCCCC/C=C\C/C=C\C/C=C\CC. The van der Waals surface area contributed by atoms with Crippen molar-refractivity contribution in [1.82, 2.24) is 0 Å². The second-order valence-corrected chi connectivity index (χ2v) is 18.1. The number of unbranched alkanes of at least 4 members (excludes halogenated alkanes) is 10. The molecule has 0 saturated carbocycles. The Hall–Kier alpha value is -5.23. The van der Waals surface area contributed by atoms with E-state index < -0.39 is 6.10 Å². The topological polar surface area (TPSA) is 78.9 Å². The summed E-state index contributed by atoms with van der Waals surface area (Å²) in [6.45, 7) is 6.23. The molecular formula is C67H102O6. The number of carbonyl (C=O) groups is 3. The Kier molecular flexibility index (Phi) is 55.1. The summed E-state index contributed by atoms with van der Waals surface area (Å²) in [6, 6.07) is 0. The molecular weight excluding hydrogens is 901 g/mol. The normalized spacial score (nSPS) is 13.4. The van der Waals surface area contributed by atoms with Crippen LogP contribution in [0.1, 0.15) is 213 Å². The maximum atomic E-state index is 12.8. The smallest absolute Gasteiger partial charge is 0.306 e. The van der Waals surface area contributed by atoms with E-state index in [2.05, 4.69) is 191 Å². The molecule has 6 nitrogen and oxygen atoms in total. The first-order valence-electron chi connectivity index (χ1n) is 28.6. The summed E-state index contributed by atoms with van der Waals surface area (Å²) in [7, 11) is 0. The highest BCUT2D eigenvalue weighted by atomic mass is 16.6. The zero-order chi connectivity index (χ0) is 52.9. The van der Waals surface area contributed by atoms with E-state index in [1.54, 1.807) is 0 Å². The van der Waals surface area contributed by atoms with Crippen LogP contribution in [-0.4, -0.2) is 37.2 Å². The summed E-state index contributed by atoms with van der Waals surface area (Å²) in [5, 5.41) is 0. The molecule has 0 aliphatic rings. The third kappa shape index (κ3) is 57.5. The van der Waals surface area contributed by atoms with E-state index in [0.717, 1.165) is 154 Å². The summed E-state index contributed by atoms with van der Waals surface area (Å²) < 4.78 is 16.7. The first-order chi connectivity index (χ1) is 36.0. The predicted octanol–water partition coefficient (Wildman–Crippen LogP) is 19.5. The maximum absolute atomic E-state index is 12.8. The molecule has 0 spiro atoms. The van der Waals surface area contributed by atoms with Gasteiger partial charge in [-0.3, -0.25) is 14.4 Å². The van der Waals surface area contributed by atoms with Gasteiger partial charge in [-0.1, -0.05) is 223 Å². The second-order valence-electron chi connectivity index (χ2n) is 18.1. The lowest BCUT2D eigenvalue weighted by Crippen LogP contribution is -2.30. The molecule has 0 aromatic carbocycles. The van der Waals surface area contributed by atoms with Crippen molar-refractivity contribution in [3.05, 3.63) is 170 Å². The average molecular weight is 1000 g/mol. The Labute approximate surface area is 447 Å². The zero-order valence-electron chi connectivity index (χ0n) is 46.3. The lowest BCUT2D eigenvalue weighted by atomic mass is 10.1. The van der Waals surface area contributed by atoms with Gasteiger partial charge in [0.1, 0.15) is 13.2 Å². The molecule has 1 atom stereocenters. The number of ether oxygens (including phenoxy) is 3. The van der Waals surface area contributed by atoms with Crippen molar-refractivity contribution in [2.75, 3.05) is 13.2 Å². The van der Waals surface area contributed by atoms with E-state index in [1.165, 1.54) is 6.42 Å². The minimum atomic E-state index is -0.831. The Morgan fingerprint density at radius 3 is 0.904 bits per heavy atom. The van der Waals surface area contributed by atoms with Gasteiger partial charge in [-0.05, 0) is 141 Å². The fourth-order valence-electron chi connectivity index (χ4n) is 6.96. The van der Waals surface area contributed by atoms with Gasteiger partial charge in [0.2, 0.25) is 0 Å². The molecule has 73 heavy (non-hydrogen) atoms. The first-order valence-corrected chi connectivity index (χ1v) is 28.6. The quantitative estimate of drug-likeness (QED) is 0.0261. The van der Waals surface area contributed by atoms with Crippen molar-refractivity contribution in [3.8, 4) is 0 Å². The van der Waals surface area contributed by atoms with Gasteiger partial charge in [0.15, 0.2) is 6.10 Å². The van der Waals surface area contributed by atoms with Gasteiger partial charge in [0.05, 0.1) is 0 Å². The molecule has 0 N–H and O–H groups in total. The van der Waals surface area contributed by atoms with Crippen molar-refractivity contribution in [1.29, 1.82) is 0 Å². The molecule has 1 unspecified atom stereocenters. The minimum absolute atomic E-state index is 0.124. The van der Waals surface area contributed by atoms with Crippen LogP contribution < -0.4 is 0 Å². The van der Waals surface area contributed by atoms with Crippen LogP contribution >= 0.6 is 0 Å². The molecule has 0 amide bonds. The molecule has 6 heteroatoms. The molecule has 0 aliphatic carbocycles. The van der Waals surface area contributed by atoms with Crippen LogP contribution in [0.3, 0.4) is 0 Å². The van der Waals surface area contributed by atoms with Crippen LogP contribution in [0, 0.1) is 0 Å². The molecule has 0 radical (unpaired) electrons. The highest BCUT2D eigenvalue weighted by Gasteiger charge is 2.19. The number of esters is 3. The van der Waals surface area contributed by atoms with E-state index >= 15 is 0 Å². The summed E-state index contributed by atoms with van der Waals surface area (Å²) in [4.78, 5) is 38.0. The molecule has 406 valence electrons. The largest absolute Gasteiger partial charge is 0.462 e. The van der Waals surface area contributed by atoms with Gasteiger partial charge in [0, 0.05) is 19.3 Å². The van der Waals surface area contributed by atoms with Crippen molar-refractivity contribution in [2.24, 2.45) is 0 Å². The Balaban J connectivity index is 4.47. The fraction of sp³-hybridized carbons (Fsp3) is 0.537. The van der Waals surface area contributed by atoms with Crippen LogP contribution in [-0.2, 0) is 28.6 Å². The van der Waals surface area contributed by atoms with Gasteiger partial charge in [0.25, 0.3) is 0 Å². The van der Waals surface area contributed by atoms with Gasteiger partial charge in [-0.2, -0.15) is 0 Å². The van der Waals surface area contributed by atoms with Crippen molar-refractivity contribution < 1.29 is 28.6 Å². The van der Waals surface area contributed by atoms with Crippen LogP contribution in [0.15, 0.2) is 170 Å². The molecule has 0 bridgehead atoms. The third-order valence-corrected chi connectivity index (χ3v) is 11.2. The standard InChI is InChI=1S/C67H102O6/c1-4-7-10-13-16-19-22-25-26-27-28-29-30-31-32-33-34-35-36-37-38-39-40-43-45-48-51-54-57-60-66(69)72-63-64(73-67(70)61-58-55-52-49-46-42-24-21-18-15-12-9-6-3)62-71-65(68)59-56-53-50-47-44-41-23-20-17-14-11-8-5-2/h7,9-12,14,16,18-21,23,25-26,28-29,31-32,34-35,37-38,40,42-43,46,48,51,64H,4-6,8,13,15,17,22,24,27,30,33,36,39,41,44-45,47,49-50,52-63H2,1-3H3/b10-7-,12-9-,14-11-,19-16-,21-18-,23-20-,26-25-,29-28-,32-31-,35-34-,38-37-,43-40-,46-42-,51-48-. The number of rotatable bonds is 49. The summed E-state index contributed by atoms with van der Waals surface area (Å²) in [5.74, 6) is -1.04. The van der Waals surface area contributed by atoms with E-state index in [-0.39, 0.29) is 44.0 Å². The highest BCUT2D eigenvalue weighted by molar-refractivity contribution is 5.71. The minimum Gasteiger partial charge on any atom is -0.462 e. The Morgan fingerprint density at radius 2 is 0.548 bits per heavy atom. The molecule has 0 saturated heterocycles. The lowest BCUT2D eigenvalue weighted by molar-refractivity contribution is -0.167. The Morgan fingerprint density at radius 1 is 0.288 bits per heavy atom. The van der Waals surface area contributed by atoms with Gasteiger partial charge < -0.3 is 14.2 Å². The van der Waals surface area contributed by atoms with E-state index in [9.17, 15) is 14.4 Å². The van der Waals surface area contributed by atoms with Crippen LogP contribution in [0.2, 0.25) is 0 Å². The molecule has 0 aliphatic heterocycles. The molecule has 0 aromatic rings. The van der Waals surface area contributed by atoms with Gasteiger partial charge in [-0.25, -0.2) is 0 Å². The maximum Gasteiger partial charge on any atom is 0.306 e. The van der Waals surface area contributed by atoms with Crippen LogP contribution in [0.25, 0.3) is 0 Å². The number of carbonyl (C=O) groups excluding carboxylic acids is 3. The van der Waals surface area contributed by atoms with Gasteiger partial charge >= 0.3 is 17.9 Å². The molecule has 0 aromatic heterocycles.